The molecule has 5 N–H and O–H groups in total. The third-order valence-corrected chi connectivity index (χ3v) is 7.28. The number of carboxylic acid groups (broad SMARTS) is 2. The summed E-state index contributed by atoms with van der Waals surface area (Å²) in [6, 6.07) is 5.48. The lowest BCUT2D eigenvalue weighted by Crippen LogP contribution is -2.60. The van der Waals surface area contributed by atoms with Crippen molar-refractivity contribution in [3.8, 4) is 0 Å². The average molecular weight is 566 g/mol. The number of fused-ring (bicyclic) bond motifs is 1. The van der Waals surface area contributed by atoms with Gasteiger partial charge in [0.2, 0.25) is 18.2 Å². The highest BCUT2D eigenvalue weighted by Crippen LogP contribution is 2.36. The molecule has 2 aromatic rings. The number of carboxylic acids is 2. The lowest BCUT2D eigenvalue weighted by atomic mass is 9.86. The van der Waals surface area contributed by atoms with Crippen molar-refractivity contribution in [1.29, 1.82) is 0 Å². The number of anilines is 1. The van der Waals surface area contributed by atoms with Crippen LogP contribution >= 0.6 is 11.3 Å². The van der Waals surface area contributed by atoms with Crippen molar-refractivity contribution < 1.29 is 43.0 Å². The zero-order valence-electron chi connectivity index (χ0n) is 21.2. The monoisotopic (exact) mass is 565 g/mol. The molecule has 0 saturated carbocycles. The van der Waals surface area contributed by atoms with E-state index in [4.69, 9.17) is 5.11 Å². The molecule has 1 aliphatic heterocycles. The van der Waals surface area contributed by atoms with E-state index in [1.807, 2.05) is 6.07 Å². The summed E-state index contributed by atoms with van der Waals surface area (Å²) in [5, 5.41) is 28.1. The van der Waals surface area contributed by atoms with E-state index in [0.29, 0.717) is 11.3 Å². The highest BCUT2D eigenvalue weighted by Gasteiger charge is 2.46. The number of carbonyl (C=O) groups is 5. The van der Waals surface area contributed by atoms with Crippen LogP contribution in [0.2, 0.25) is 0 Å². The molecule has 0 aliphatic carbocycles. The molecule has 2 heterocycles. The van der Waals surface area contributed by atoms with E-state index in [-0.39, 0.29) is 30.1 Å². The number of benzene rings is 1. The second-order valence-electron chi connectivity index (χ2n) is 9.81. The third kappa shape index (κ3) is 7.16. The molecule has 0 unspecified atom stereocenters. The van der Waals surface area contributed by atoms with Crippen LogP contribution in [-0.2, 0) is 32.0 Å². The normalized spacial score (nSPS) is 17.7. The molecule has 2 amide bonds. The number of Topliss-reactive ketones (excluding diaryl/α,β-unsaturated/α-hetero) is 1. The minimum atomic E-state index is -3.06. The van der Waals surface area contributed by atoms with Gasteiger partial charge in [0.25, 0.3) is 5.78 Å². The number of aromatic carboxylic acids is 1. The summed E-state index contributed by atoms with van der Waals surface area (Å²) in [5.41, 5.74) is 0.489. The predicted molar refractivity (Wildman–Crippen MR) is 138 cm³/mol. The second kappa shape index (κ2) is 12.3. The number of nitrogens with one attached hydrogen (secondary N) is 3. The zero-order valence-corrected chi connectivity index (χ0v) is 22.0. The number of thiophene rings is 1. The summed E-state index contributed by atoms with van der Waals surface area (Å²) in [4.78, 5) is 61.8. The van der Waals surface area contributed by atoms with Crippen LogP contribution in [0.5, 0.6) is 0 Å². The van der Waals surface area contributed by atoms with Crippen molar-refractivity contribution >= 4 is 46.6 Å². The number of amides is 2. The van der Waals surface area contributed by atoms with Crippen molar-refractivity contribution in [3.05, 3.63) is 51.7 Å². The fraction of sp³-hybridized carbons (Fsp3) is 0.423. The molecule has 210 valence electrons. The van der Waals surface area contributed by atoms with Gasteiger partial charge in [-0.1, -0.05) is 32.0 Å². The van der Waals surface area contributed by atoms with Crippen molar-refractivity contribution in [2.45, 2.75) is 63.6 Å². The van der Waals surface area contributed by atoms with Gasteiger partial charge in [0.05, 0.1) is 0 Å². The van der Waals surface area contributed by atoms with Gasteiger partial charge in [-0.2, -0.15) is 0 Å². The summed E-state index contributed by atoms with van der Waals surface area (Å²) in [6.45, 7) is 3.52. The maximum atomic E-state index is 13.9. The number of alkyl halides is 2. The fourth-order valence-electron chi connectivity index (χ4n) is 4.57. The Morgan fingerprint density at radius 2 is 1.72 bits per heavy atom. The largest absolute Gasteiger partial charge is 0.477 e. The van der Waals surface area contributed by atoms with Gasteiger partial charge >= 0.3 is 11.9 Å². The van der Waals surface area contributed by atoms with Crippen molar-refractivity contribution in [2.24, 2.45) is 5.92 Å². The average Bonchev–Trinajstić information content (AvgIpc) is 3.47. The number of halogens is 2. The maximum Gasteiger partial charge on any atom is 0.374 e. The molecule has 0 spiro atoms. The van der Waals surface area contributed by atoms with Crippen LogP contribution in [0.15, 0.2) is 35.7 Å². The van der Waals surface area contributed by atoms with Crippen LogP contribution < -0.4 is 16.0 Å². The lowest BCUT2D eigenvalue weighted by Gasteiger charge is -2.32. The molecule has 0 radical (unpaired) electrons. The fourth-order valence-corrected chi connectivity index (χ4v) is 5.33. The number of hydrogen-bond donors (Lipinski definition) is 5. The second-order valence-corrected chi connectivity index (χ2v) is 10.7. The number of ketones is 1. The quantitative estimate of drug-likeness (QED) is 0.232. The molecule has 10 nitrogen and oxygen atoms in total. The molecular weight excluding hydrogens is 536 g/mol. The maximum absolute atomic E-state index is 13.9. The van der Waals surface area contributed by atoms with E-state index < -0.39 is 60.0 Å². The Balaban J connectivity index is 1.91. The summed E-state index contributed by atoms with van der Waals surface area (Å²) >= 11 is 1.01. The molecule has 0 bridgehead atoms. The SMILES string of the molecule is CC(C)C[C@H](NC(=O)[C@]1(Cc2ccsc2C(=O)O)Cc2ccccc2N1)C(=O)N[C@@H](CC(F)F)C(=O)C(=O)O. The first-order valence-corrected chi connectivity index (χ1v) is 13.0. The molecule has 3 atom stereocenters. The number of rotatable bonds is 13. The van der Waals surface area contributed by atoms with E-state index in [0.717, 1.165) is 16.9 Å². The Morgan fingerprint density at radius 3 is 2.31 bits per heavy atom. The summed E-state index contributed by atoms with van der Waals surface area (Å²) in [7, 11) is 0. The van der Waals surface area contributed by atoms with Gasteiger partial charge in [-0.15, -0.1) is 11.3 Å². The molecule has 13 heteroatoms. The van der Waals surface area contributed by atoms with Gasteiger partial charge in [-0.25, -0.2) is 18.4 Å². The minimum absolute atomic E-state index is 0.0276. The van der Waals surface area contributed by atoms with Gasteiger partial charge in [0.15, 0.2) is 0 Å². The topological polar surface area (TPSA) is 162 Å². The zero-order chi connectivity index (χ0) is 28.9. The van der Waals surface area contributed by atoms with E-state index in [1.165, 1.54) is 0 Å². The van der Waals surface area contributed by atoms with Crippen LogP contribution in [0.1, 0.15) is 47.5 Å². The van der Waals surface area contributed by atoms with Crippen molar-refractivity contribution in [2.75, 3.05) is 5.32 Å². The standard InChI is InChI=1S/C26H29F2N3O7S/c1-13(2)9-18(22(33)29-17(10-19(27)28)20(32)23(34)35)30-25(38)26(11-14-5-3-4-6-16(14)31-26)12-15-7-8-39-21(15)24(36)37/h3-8,13,17-19,31H,9-12H2,1-2H3,(H,29,33)(H,30,38)(H,34,35)(H,36,37)/t17-,18-,26+/m0/s1. The Hall–Kier alpha value is -3.87. The number of carbonyl (C=O) groups excluding carboxylic acids is 3. The molecule has 1 aromatic heterocycles. The van der Waals surface area contributed by atoms with Gasteiger partial charge in [-0.3, -0.25) is 14.4 Å². The third-order valence-electron chi connectivity index (χ3n) is 6.34. The number of para-hydroxylation sites is 1. The van der Waals surface area contributed by atoms with Gasteiger partial charge < -0.3 is 26.2 Å². The Bertz CT molecular complexity index is 1240. The molecule has 0 saturated heterocycles. The summed E-state index contributed by atoms with van der Waals surface area (Å²) in [6.07, 6.45) is -4.06. The first kappa shape index (κ1) is 29.7. The number of aliphatic carboxylic acids is 1. The molecule has 1 aromatic carbocycles. The molecule has 0 fully saturated rings. The molecule has 1 aliphatic rings. The molecule has 39 heavy (non-hydrogen) atoms. The van der Waals surface area contributed by atoms with Crippen molar-refractivity contribution in [1.82, 2.24) is 10.6 Å². The Labute approximate surface area is 226 Å². The van der Waals surface area contributed by atoms with Crippen LogP contribution in [0.3, 0.4) is 0 Å². The van der Waals surface area contributed by atoms with Gasteiger partial charge in [0.1, 0.15) is 22.5 Å². The predicted octanol–water partition coefficient (Wildman–Crippen LogP) is 2.72. The first-order chi connectivity index (χ1) is 18.3. The molecular formula is C26H29F2N3O7S. The highest BCUT2D eigenvalue weighted by atomic mass is 32.1. The van der Waals surface area contributed by atoms with E-state index in [2.05, 4.69) is 16.0 Å². The summed E-state index contributed by atoms with van der Waals surface area (Å²) in [5.74, 6) is -6.49. The van der Waals surface area contributed by atoms with E-state index in [9.17, 15) is 37.9 Å². The highest BCUT2D eigenvalue weighted by molar-refractivity contribution is 7.12. The minimum Gasteiger partial charge on any atom is -0.477 e. The first-order valence-electron chi connectivity index (χ1n) is 12.2. The van der Waals surface area contributed by atoms with Crippen LogP contribution in [-0.4, -0.2) is 63.8 Å². The van der Waals surface area contributed by atoms with Gasteiger partial charge in [-0.05, 0) is 41.0 Å². The van der Waals surface area contributed by atoms with Crippen LogP contribution in [0.25, 0.3) is 0 Å². The smallest absolute Gasteiger partial charge is 0.374 e. The Kier molecular flexibility index (Phi) is 9.38. The number of hydrogen-bond acceptors (Lipinski definition) is 7. The van der Waals surface area contributed by atoms with Gasteiger partial charge in [0, 0.05) is 24.9 Å². The van der Waals surface area contributed by atoms with E-state index in [1.54, 1.807) is 43.5 Å². The van der Waals surface area contributed by atoms with Crippen LogP contribution in [0.4, 0.5) is 14.5 Å². The van der Waals surface area contributed by atoms with E-state index >= 15 is 0 Å². The van der Waals surface area contributed by atoms with Crippen molar-refractivity contribution in [3.63, 3.8) is 0 Å². The lowest BCUT2D eigenvalue weighted by molar-refractivity contribution is -0.151. The molecule has 3 rings (SSSR count). The van der Waals surface area contributed by atoms with Crippen LogP contribution in [0, 0.1) is 5.92 Å². The Morgan fingerprint density at radius 1 is 1.03 bits per heavy atom. The summed E-state index contributed by atoms with van der Waals surface area (Å²) < 4.78 is 26.0.